The van der Waals surface area contributed by atoms with Gasteiger partial charge in [0.05, 0.1) is 5.54 Å². The number of aldehydes is 1. The standard InChI is InChI=1S/C22H23N5O2.C3H4O/c1-26-13-22(14-26)11-12-24-21-18(20(23)28)19(25-27(21)22)15-7-9-17(10-8-15)29-16-5-3-2-4-6-16;1-2-3-4/h2-10,24H,11-14H2,1H3,(H2,23,28);2-3H,1H2. The number of nitrogens with zero attached hydrogens (tertiary/aromatic N) is 3. The first kappa shape index (κ1) is 22.3. The van der Waals surface area contributed by atoms with Crippen molar-refractivity contribution in [3.8, 4) is 22.8 Å². The van der Waals surface area contributed by atoms with E-state index in [0.29, 0.717) is 17.5 Å². The fourth-order valence-electron chi connectivity index (χ4n) is 4.44. The Labute approximate surface area is 192 Å². The molecule has 3 heterocycles. The number of carbonyl (C=O) groups excluding carboxylic acids is 2. The number of nitrogens with one attached hydrogen (secondary N) is 1. The number of likely N-dealkylation sites (tertiary alicyclic amines) is 1. The molecule has 2 aliphatic rings. The molecule has 5 rings (SSSR count). The van der Waals surface area contributed by atoms with E-state index in [9.17, 15) is 4.79 Å². The lowest BCUT2D eigenvalue weighted by Crippen LogP contribution is -2.63. The highest BCUT2D eigenvalue weighted by molar-refractivity contribution is 6.04. The van der Waals surface area contributed by atoms with E-state index in [1.807, 2.05) is 59.3 Å². The van der Waals surface area contributed by atoms with Gasteiger partial charge in [-0.15, -0.1) is 0 Å². The number of nitrogens with two attached hydrogens (primary N) is 1. The lowest BCUT2D eigenvalue weighted by atomic mass is 9.85. The van der Waals surface area contributed by atoms with Crippen LogP contribution >= 0.6 is 0 Å². The number of allylic oxidation sites excluding steroid dienone is 1. The second-order valence-electron chi connectivity index (χ2n) is 8.23. The average molecular weight is 446 g/mol. The molecule has 3 aromatic rings. The monoisotopic (exact) mass is 445 g/mol. The number of fused-ring (bicyclic) bond motifs is 2. The van der Waals surface area contributed by atoms with Gasteiger partial charge in [-0.3, -0.25) is 9.59 Å². The van der Waals surface area contributed by atoms with Crippen molar-refractivity contribution in [1.29, 1.82) is 0 Å². The van der Waals surface area contributed by atoms with E-state index in [0.717, 1.165) is 48.9 Å². The number of ether oxygens (including phenoxy) is 1. The van der Waals surface area contributed by atoms with Crippen LogP contribution in [0.25, 0.3) is 11.3 Å². The van der Waals surface area contributed by atoms with Crippen LogP contribution < -0.4 is 15.8 Å². The SMILES string of the molecule is C=CC=O.CN1CC2(CCNc3c(C(N)=O)c(-c4ccc(Oc5ccccc5)cc4)nn32)C1. The molecule has 0 saturated carbocycles. The molecule has 1 fully saturated rings. The van der Waals surface area contributed by atoms with Crippen molar-refractivity contribution in [2.24, 2.45) is 5.73 Å². The van der Waals surface area contributed by atoms with Crippen LogP contribution in [0.5, 0.6) is 11.5 Å². The summed E-state index contributed by atoms with van der Waals surface area (Å²) in [6.07, 6.45) is 2.81. The van der Waals surface area contributed by atoms with E-state index in [1.165, 1.54) is 6.08 Å². The van der Waals surface area contributed by atoms with Crippen LogP contribution in [0.15, 0.2) is 67.3 Å². The molecule has 8 heteroatoms. The van der Waals surface area contributed by atoms with E-state index in [2.05, 4.69) is 23.8 Å². The normalized spacial score (nSPS) is 15.8. The lowest BCUT2D eigenvalue weighted by molar-refractivity contribution is -0.104. The molecule has 0 aliphatic carbocycles. The first-order chi connectivity index (χ1) is 16.0. The zero-order valence-electron chi connectivity index (χ0n) is 18.5. The Bertz CT molecular complexity index is 1140. The third-order valence-electron chi connectivity index (χ3n) is 5.80. The predicted molar refractivity (Wildman–Crippen MR) is 128 cm³/mol. The minimum absolute atomic E-state index is 0.0614. The van der Waals surface area contributed by atoms with Gasteiger partial charge in [0.2, 0.25) is 0 Å². The third kappa shape index (κ3) is 4.38. The molecule has 0 atom stereocenters. The fraction of sp³-hybridized carbons (Fsp3) is 0.240. The molecular formula is C25H27N5O3. The molecule has 1 aromatic heterocycles. The van der Waals surface area contributed by atoms with Gasteiger partial charge in [0.25, 0.3) is 5.91 Å². The Morgan fingerprint density at radius 3 is 2.36 bits per heavy atom. The number of para-hydroxylation sites is 1. The highest BCUT2D eigenvalue weighted by Gasteiger charge is 2.47. The van der Waals surface area contributed by atoms with Crippen LogP contribution in [-0.4, -0.2) is 53.6 Å². The van der Waals surface area contributed by atoms with Gasteiger partial charge in [0.1, 0.15) is 34.9 Å². The third-order valence-corrected chi connectivity index (χ3v) is 5.80. The van der Waals surface area contributed by atoms with Gasteiger partial charge in [-0.2, -0.15) is 5.10 Å². The number of hydrogen-bond donors (Lipinski definition) is 2. The minimum atomic E-state index is -0.469. The first-order valence-corrected chi connectivity index (χ1v) is 10.7. The molecule has 1 saturated heterocycles. The number of benzene rings is 2. The Morgan fingerprint density at radius 1 is 1.15 bits per heavy atom. The van der Waals surface area contributed by atoms with E-state index >= 15 is 0 Å². The maximum Gasteiger partial charge on any atom is 0.254 e. The number of rotatable bonds is 5. The highest BCUT2D eigenvalue weighted by Crippen LogP contribution is 2.41. The average Bonchev–Trinajstić information content (AvgIpc) is 3.21. The fourth-order valence-corrected chi connectivity index (χ4v) is 4.44. The number of likely N-dealkylation sites (N-methyl/N-ethyl adjacent to an activating group) is 1. The van der Waals surface area contributed by atoms with Crippen LogP contribution in [-0.2, 0) is 10.3 Å². The molecule has 1 amide bonds. The van der Waals surface area contributed by atoms with E-state index in [4.69, 9.17) is 20.4 Å². The summed E-state index contributed by atoms with van der Waals surface area (Å²) in [6.45, 7) is 5.76. The topological polar surface area (TPSA) is 102 Å². The molecule has 2 aromatic carbocycles. The predicted octanol–water partition coefficient (Wildman–Crippen LogP) is 3.27. The van der Waals surface area contributed by atoms with Gasteiger partial charge < -0.3 is 20.7 Å². The Hall–Kier alpha value is -3.91. The second-order valence-corrected chi connectivity index (χ2v) is 8.23. The van der Waals surface area contributed by atoms with E-state index in [-0.39, 0.29) is 5.54 Å². The number of anilines is 1. The summed E-state index contributed by atoms with van der Waals surface area (Å²) in [5, 5.41) is 8.19. The van der Waals surface area contributed by atoms with Crippen molar-refractivity contribution in [3.05, 3.63) is 72.8 Å². The Balaban J connectivity index is 0.000000601. The van der Waals surface area contributed by atoms with Gasteiger partial charge >= 0.3 is 0 Å². The van der Waals surface area contributed by atoms with Crippen molar-refractivity contribution >= 4 is 18.0 Å². The van der Waals surface area contributed by atoms with Crippen LogP contribution in [0.3, 0.4) is 0 Å². The summed E-state index contributed by atoms with van der Waals surface area (Å²) in [4.78, 5) is 23.6. The molecule has 33 heavy (non-hydrogen) atoms. The van der Waals surface area contributed by atoms with Crippen molar-refractivity contribution in [1.82, 2.24) is 14.7 Å². The first-order valence-electron chi connectivity index (χ1n) is 10.7. The smallest absolute Gasteiger partial charge is 0.254 e. The van der Waals surface area contributed by atoms with Gasteiger partial charge in [0.15, 0.2) is 0 Å². The molecule has 8 nitrogen and oxygen atoms in total. The quantitative estimate of drug-likeness (QED) is 0.462. The highest BCUT2D eigenvalue weighted by atomic mass is 16.5. The van der Waals surface area contributed by atoms with Crippen molar-refractivity contribution in [2.75, 3.05) is 32.0 Å². The molecule has 0 radical (unpaired) electrons. The lowest BCUT2D eigenvalue weighted by Gasteiger charge is -2.51. The Kier molecular flexibility index (Phi) is 6.28. The van der Waals surface area contributed by atoms with Crippen LogP contribution in [0, 0.1) is 0 Å². The summed E-state index contributed by atoms with van der Waals surface area (Å²) in [6, 6.07) is 17.2. The molecule has 3 N–H and O–H groups in total. The Morgan fingerprint density at radius 2 is 1.79 bits per heavy atom. The van der Waals surface area contributed by atoms with E-state index < -0.39 is 5.91 Å². The molecule has 2 aliphatic heterocycles. The molecular weight excluding hydrogens is 418 g/mol. The van der Waals surface area contributed by atoms with Gasteiger partial charge in [-0.25, -0.2) is 4.68 Å². The van der Waals surface area contributed by atoms with Crippen molar-refractivity contribution < 1.29 is 14.3 Å². The van der Waals surface area contributed by atoms with E-state index in [1.54, 1.807) is 0 Å². The van der Waals surface area contributed by atoms with Gasteiger partial charge in [0, 0.05) is 25.2 Å². The summed E-state index contributed by atoms with van der Waals surface area (Å²) >= 11 is 0. The van der Waals surface area contributed by atoms with Crippen molar-refractivity contribution in [2.45, 2.75) is 12.0 Å². The second kappa shape index (κ2) is 9.30. The van der Waals surface area contributed by atoms with Crippen LogP contribution in [0.4, 0.5) is 5.82 Å². The molecule has 170 valence electrons. The van der Waals surface area contributed by atoms with Gasteiger partial charge in [-0.05, 0) is 55.9 Å². The molecule has 0 bridgehead atoms. The number of carbonyl (C=O) groups is 2. The number of primary amides is 1. The van der Waals surface area contributed by atoms with Crippen molar-refractivity contribution in [3.63, 3.8) is 0 Å². The number of amides is 1. The maximum absolute atomic E-state index is 12.3. The summed E-state index contributed by atoms with van der Waals surface area (Å²) in [5.74, 6) is 1.76. The summed E-state index contributed by atoms with van der Waals surface area (Å²) in [7, 11) is 2.10. The maximum atomic E-state index is 12.3. The van der Waals surface area contributed by atoms with Crippen LogP contribution in [0.2, 0.25) is 0 Å². The minimum Gasteiger partial charge on any atom is -0.457 e. The zero-order valence-corrected chi connectivity index (χ0v) is 18.5. The summed E-state index contributed by atoms with van der Waals surface area (Å²) in [5.41, 5.74) is 7.60. The molecule has 0 unspecified atom stereocenters. The largest absolute Gasteiger partial charge is 0.457 e. The van der Waals surface area contributed by atoms with Crippen LogP contribution in [0.1, 0.15) is 16.8 Å². The molecule has 1 spiro atoms. The zero-order chi connectivity index (χ0) is 23.4. The summed E-state index contributed by atoms with van der Waals surface area (Å²) < 4.78 is 7.85. The number of hydrogen-bond acceptors (Lipinski definition) is 6. The van der Waals surface area contributed by atoms with Gasteiger partial charge in [-0.1, -0.05) is 24.8 Å². The number of aromatic nitrogens is 2.